The summed E-state index contributed by atoms with van der Waals surface area (Å²) in [5, 5.41) is 0.537. The fourth-order valence-corrected chi connectivity index (χ4v) is 1.90. The third kappa shape index (κ3) is 1.78. The minimum atomic E-state index is 0.511. The summed E-state index contributed by atoms with van der Waals surface area (Å²) >= 11 is 6.03. The number of nitrogens with zero attached hydrogens (tertiary/aromatic N) is 3. The van der Waals surface area contributed by atoms with Crippen molar-refractivity contribution >= 4 is 11.6 Å². The largest absolute Gasteiger partial charge is 0.264 e. The molecular weight excluding hydrogens is 222 g/mol. The molecule has 0 atom stereocenters. The van der Waals surface area contributed by atoms with Gasteiger partial charge in [-0.15, -0.1) is 0 Å². The Morgan fingerprint density at radius 2 is 2.12 bits per heavy atom. The molecule has 3 rings (SSSR count). The van der Waals surface area contributed by atoms with Crippen molar-refractivity contribution in [3.05, 3.63) is 41.6 Å². The molecule has 0 amide bonds. The summed E-state index contributed by atoms with van der Waals surface area (Å²) in [5.74, 6) is 0.511. The van der Waals surface area contributed by atoms with Gasteiger partial charge in [0.2, 0.25) is 0 Å². The molecular formula is C12H10ClN3. The SMILES string of the molecule is Clc1ncc(-c2cccnc2)nc1C1CC1. The topological polar surface area (TPSA) is 38.7 Å². The van der Waals surface area contributed by atoms with Crippen molar-refractivity contribution in [2.24, 2.45) is 0 Å². The van der Waals surface area contributed by atoms with Crippen molar-refractivity contribution in [1.82, 2.24) is 15.0 Å². The van der Waals surface area contributed by atoms with E-state index in [2.05, 4.69) is 15.0 Å². The third-order valence-electron chi connectivity index (χ3n) is 2.67. The molecule has 0 bridgehead atoms. The average molecular weight is 232 g/mol. The second-order valence-corrected chi connectivity index (χ2v) is 4.31. The molecule has 1 saturated carbocycles. The molecule has 0 aromatic carbocycles. The van der Waals surface area contributed by atoms with Crippen LogP contribution >= 0.6 is 11.6 Å². The lowest BCUT2D eigenvalue weighted by Crippen LogP contribution is -1.94. The van der Waals surface area contributed by atoms with Gasteiger partial charge in [0, 0.05) is 23.9 Å². The number of pyridine rings is 1. The van der Waals surface area contributed by atoms with E-state index in [0.717, 1.165) is 17.0 Å². The van der Waals surface area contributed by atoms with Crippen molar-refractivity contribution < 1.29 is 0 Å². The molecule has 2 aromatic rings. The highest BCUT2D eigenvalue weighted by atomic mass is 35.5. The number of rotatable bonds is 2. The summed E-state index contributed by atoms with van der Waals surface area (Å²) in [5.41, 5.74) is 2.76. The first-order valence-corrected chi connectivity index (χ1v) is 5.65. The highest BCUT2D eigenvalue weighted by molar-refractivity contribution is 6.30. The number of hydrogen-bond donors (Lipinski definition) is 0. The maximum atomic E-state index is 6.03. The van der Waals surface area contributed by atoms with Gasteiger partial charge in [0.05, 0.1) is 17.6 Å². The molecule has 0 N–H and O–H groups in total. The molecule has 1 aliphatic carbocycles. The summed E-state index contributed by atoms with van der Waals surface area (Å²) in [4.78, 5) is 12.8. The van der Waals surface area contributed by atoms with Gasteiger partial charge in [-0.2, -0.15) is 0 Å². The van der Waals surface area contributed by atoms with Gasteiger partial charge < -0.3 is 0 Å². The normalized spacial score (nSPS) is 15.1. The standard InChI is InChI=1S/C12H10ClN3/c13-12-11(8-3-4-8)16-10(7-15-12)9-2-1-5-14-6-9/h1-2,5-8H,3-4H2. The first kappa shape index (κ1) is 9.73. The highest BCUT2D eigenvalue weighted by Gasteiger charge is 2.28. The van der Waals surface area contributed by atoms with Crippen LogP contribution in [0.15, 0.2) is 30.7 Å². The summed E-state index contributed by atoms with van der Waals surface area (Å²) in [7, 11) is 0. The van der Waals surface area contributed by atoms with E-state index >= 15 is 0 Å². The predicted octanol–water partition coefficient (Wildman–Crippen LogP) is 3.07. The fourth-order valence-electron chi connectivity index (χ4n) is 1.66. The lowest BCUT2D eigenvalue weighted by Gasteiger charge is -2.04. The predicted molar refractivity (Wildman–Crippen MR) is 62.2 cm³/mol. The van der Waals surface area contributed by atoms with E-state index in [0.29, 0.717) is 11.1 Å². The van der Waals surface area contributed by atoms with E-state index < -0.39 is 0 Å². The van der Waals surface area contributed by atoms with Crippen molar-refractivity contribution in [3.8, 4) is 11.3 Å². The fraction of sp³-hybridized carbons (Fsp3) is 0.250. The molecule has 1 fully saturated rings. The van der Waals surface area contributed by atoms with Crippen molar-refractivity contribution in [2.45, 2.75) is 18.8 Å². The highest BCUT2D eigenvalue weighted by Crippen LogP contribution is 2.41. The van der Waals surface area contributed by atoms with Gasteiger partial charge in [-0.05, 0) is 25.0 Å². The van der Waals surface area contributed by atoms with E-state index in [1.807, 2.05) is 12.1 Å². The van der Waals surface area contributed by atoms with Crippen LogP contribution in [0.2, 0.25) is 5.15 Å². The molecule has 2 heterocycles. The quantitative estimate of drug-likeness (QED) is 0.797. The molecule has 0 saturated heterocycles. The maximum Gasteiger partial charge on any atom is 0.150 e. The lowest BCUT2D eigenvalue weighted by molar-refractivity contribution is 0.992. The molecule has 0 aliphatic heterocycles. The molecule has 0 unspecified atom stereocenters. The van der Waals surface area contributed by atoms with E-state index in [-0.39, 0.29) is 0 Å². The molecule has 0 spiro atoms. The van der Waals surface area contributed by atoms with Gasteiger partial charge in [0.15, 0.2) is 5.15 Å². The van der Waals surface area contributed by atoms with Gasteiger partial charge >= 0.3 is 0 Å². The second kappa shape index (κ2) is 3.83. The molecule has 80 valence electrons. The monoisotopic (exact) mass is 231 g/mol. The first-order valence-electron chi connectivity index (χ1n) is 5.27. The Balaban J connectivity index is 2.05. The molecule has 0 radical (unpaired) electrons. The Labute approximate surface area is 98.5 Å². The average Bonchev–Trinajstić information content (AvgIpc) is 3.15. The molecule has 3 nitrogen and oxygen atoms in total. The third-order valence-corrected chi connectivity index (χ3v) is 2.97. The van der Waals surface area contributed by atoms with Crippen LogP contribution in [-0.4, -0.2) is 15.0 Å². The lowest BCUT2D eigenvalue weighted by atomic mass is 10.2. The van der Waals surface area contributed by atoms with E-state index in [1.165, 1.54) is 12.8 Å². The van der Waals surface area contributed by atoms with Crippen molar-refractivity contribution in [1.29, 1.82) is 0 Å². The molecule has 16 heavy (non-hydrogen) atoms. The Morgan fingerprint density at radius 3 is 2.81 bits per heavy atom. The van der Waals surface area contributed by atoms with Gasteiger partial charge in [-0.3, -0.25) is 4.98 Å². The van der Waals surface area contributed by atoms with E-state index in [4.69, 9.17) is 11.6 Å². The zero-order chi connectivity index (χ0) is 11.0. The van der Waals surface area contributed by atoms with Crippen LogP contribution in [-0.2, 0) is 0 Å². The van der Waals surface area contributed by atoms with Crippen molar-refractivity contribution in [3.63, 3.8) is 0 Å². The van der Waals surface area contributed by atoms with E-state index in [9.17, 15) is 0 Å². The summed E-state index contributed by atoms with van der Waals surface area (Å²) in [6.07, 6.45) is 7.57. The van der Waals surface area contributed by atoms with E-state index in [1.54, 1.807) is 18.6 Å². The number of hydrogen-bond acceptors (Lipinski definition) is 3. The van der Waals surface area contributed by atoms with Gasteiger partial charge in [-0.1, -0.05) is 11.6 Å². The van der Waals surface area contributed by atoms with Crippen LogP contribution in [0.1, 0.15) is 24.5 Å². The Bertz CT molecular complexity index is 509. The number of halogens is 1. The van der Waals surface area contributed by atoms with Gasteiger partial charge in [0.1, 0.15) is 0 Å². The summed E-state index contributed by atoms with van der Waals surface area (Å²) in [6, 6.07) is 3.87. The van der Waals surface area contributed by atoms with Crippen LogP contribution in [0.3, 0.4) is 0 Å². The van der Waals surface area contributed by atoms with Crippen LogP contribution < -0.4 is 0 Å². The first-order chi connectivity index (χ1) is 7.84. The van der Waals surface area contributed by atoms with Crippen LogP contribution in [0.5, 0.6) is 0 Å². The van der Waals surface area contributed by atoms with Crippen LogP contribution in [0, 0.1) is 0 Å². The zero-order valence-corrected chi connectivity index (χ0v) is 9.35. The number of aromatic nitrogens is 3. The van der Waals surface area contributed by atoms with Gasteiger partial charge in [0.25, 0.3) is 0 Å². The Morgan fingerprint density at radius 1 is 1.25 bits per heavy atom. The molecule has 1 aliphatic rings. The minimum absolute atomic E-state index is 0.511. The minimum Gasteiger partial charge on any atom is -0.264 e. The maximum absolute atomic E-state index is 6.03. The molecule has 4 heteroatoms. The van der Waals surface area contributed by atoms with Crippen molar-refractivity contribution in [2.75, 3.05) is 0 Å². The van der Waals surface area contributed by atoms with Crippen LogP contribution in [0.25, 0.3) is 11.3 Å². The second-order valence-electron chi connectivity index (χ2n) is 3.95. The Kier molecular flexibility index (Phi) is 2.33. The van der Waals surface area contributed by atoms with Crippen LogP contribution in [0.4, 0.5) is 0 Å². The van der Waals surface area contributed by atoms with Gasteiger partial charge in [-0.25, -0.2) is 9.97 Å². The Hall–Kier alpha value is -1.48. The zero-order valence-electron chi connectivity index (χ0n) is 8.60. The smallest absolute Gasteiger partial charge is 0.150 e. The summed E-state index contributed by atoms with van der Waals surface area (Å²) in [6.45, 7) is 0. The summed E-state index contributed by atoms with van der Waals surface area (Å²) < 4.78 is 0. The molecule has 2 aromatic heterocycles.